The molecule has 778 valence electrons. The van der Waals surface area contributed by atoms with Gasteiger partial charge in [-0.3, -0.25) is 54.1 Å². The maximum Gasteiger partial charge on any atom is 1.00 e. The van der Waals surface area contributed by atoms with Gasteiger partial charge in [0.2, 0.25) is 35.8 Å². The molecule has 8 aromatic carbocycles. The number of aliphatic imine (C=N–C) groups is 2. The van der Waals surface area contributed by atoms with Crippen LogP contribution in [0.3, 0.4) is 0 Å². The first kappa shape index (κ1) is 122. The fourth-order valence-electron chi connectivity index (χ4n) is 15.9. The van der Waals surface area contributed by atoms with Crippen LogP contribution in [0.5, 0.6) is 0 Å². The quantitative estimate of drug-likeness (QED) is 0.00292. The predicted octanol–water partition coefficient (Wildman–Crippen LogP) is 19.1. The summed E-state index contributed by atoms with van der Waals surface area (Å²) >= 11 is 9.58. The second-order valence-corrected chi connectivity index (χ2v) is 42.7. The number of thioether (sulfide) groups is 4. The van der Waals surface area contributed by atoms with E-state index >= 15 is 0 Å². The van der Waals surface area contributed by atoms with Crippen LogP contribution in [0, 0.1) is 11.8 Å². The Morgan fingerprint density at radius 3 is 1.49 bits per heavy atom. The number of amides is 6. The van der Waals surface area contributed by atoms with Crippen LogP contribution in [0.1, 0.15) is 203 Å². The third-order valence-electron chi connectivity index (χ3n) is 23.3. The van der Waals surface area contributed by atoms with E-state index in [1.165, 1.54) is 111 Å². The Kier molecular flexibility index (Phi) is 50.7. The Bertz CT molecular complexity index is 5740. The van der Waals surface area contributed by atoms with Gasteiger partial charge in [0.25, 0.3) is 0 Å². The van der Waals surface area contributed by atoms with Crippen LogP contribution >= 0.6 is 69.7 Å². The minimum absolute atomic E-state index is 0. The number of halogens is 3. The molecule has 1 saturated heterocycles. The number of rotatable bonds is 31. The predicted molar refractivity (Wildman–Crippen MR) is 580 cm³/mol. The number of alkyl halides is 3. The van der Waals surface area contributed by atoms with E-state index in [1.54, 1.807) is 6.92 Å². The van der Waals surface area contributed by atoms with Crippen LogP contribution in [-0.2, 0) is 83.2 Å². The summed E-state index contributed by atoms with van der Waals surface area (Å²) in [6.45, 7) is 28.3. The van der Waals surface area contributed by atoms with Crippen molar-refractivity contribution in [2.45, 2.75) is 224 Å². The normalized spacial score (nSPS) is 17.7. The molecule has 146 heavy (non-hydrogen) atoms. The Morgan fingerprint density at radius 2 is 1.08 bits per heavy atom. The number of aldehydes is 1. The number of aromatic nitrogens is 2. The molecule has 10 aromatic rings. The molecule has 1 fully saturated rings. The summed E-state index contributed by atoms with van der Waals surface area (Å²) in [5, 5.41) is 32.7. The largest absolute Gasteiger partial charge is 1.00 e. The van der Waals surface area contributed by atoms with Gasteiger partial charge in [0.15, 0.2) is 0 Å². The topological polar surface area (TPSA) is 387 Å². The van der Waals surface area contributed by atoms with Gasteiger partial charge in [-0.2, -0.15) is 13.2 Å². The molecule has 35 heteroatoms. The standard InChI is InChI=1S/C54H63N5O6S3.C48H51N5O3S3.C5H10O.C2HF3O.C2H6.Li.H2O2.2H2O/c1-9-37-28-30-38(31-29-37)47-46(57-43(68-47)34-55-51(63)65-52(4,5)6)49-59-53(7,35-66-49)50(62)58-45(36(2)3)48(61)56-42(33-44(60)64-8)27-19-20-32-67-54(39-21-13-10-14-22-39,40-23-15-11-16-24-40)41-25-17-12-18-26-41;1-5-33-24-26-34(27-25-33)43-42-45-53-47(4,31-57-45)46(56)52-41(32(2)3)44(55)50-38(29-39(54)49-30-40(51-42)59-43)23-15-16-28-58-48(35-17-9-6-10-18-35,36-19-11-7-12-20-36)37-21-13-8-14-22-37;1-5-3-2-4-6-5;3-2(4,5)1-6;1-2;;1-2;;/h10-19,21-31,36,42,45H,9,20,32-35H2,1-8H3,(H,55,63)(H,56,61)(H,58,62);6-15,17-27,32,38,41H,5,16,28-31H2,1-4H3,(H,49,54)(H,50,55)(H,52,56);5H,2-4H2,1H3;1H;1-2H3;;1-2H;2*1H2/q;;;;;+1;;;/p-2/b27-19+;23-15+;;;;;;;/t42?,45-,53-;38?,41-,47-;;;;;;;/m00......./s1/i;;;1D;;;;;. The SMILES string of the molecule is CC.CC1CCCO1.CCc1ccc(-c2sc(CNC(=O)OC(C)(C)C)nc2C2=N[C@](C)(C(=O)N[C@H](C(=O)NC(/C=C/CCSC(c3ccccc3)(c3ccccc3)c3ccccc3)CC(=O)OC)C(C)C)CS2)cc1.CCc1ccc(-c2sc3nc2C2=N[C@@](C)(CS2)C(=O)N[C@@H](C(C)C)C(=O)NC(/C=C/CCSC(c2ccccc2)(c2ccccc2)c2ccccc2)CC(=O)NC3)cc1.OO.[2H]C(=O)C(F)(F)F.[Li+].[OH-].[OH-]. The van der Waals surface area contributed by atoms with E-state index in [1.807, 2.05) is 147 Å². The number of methoxy groups -OCH3 is 1. The molecule has 0 aliphatic carbocycles. The van der Waals surface area contributed by atoms with Crippen molar-refractivity contribution in [3.05, 3.63) is 321 Å². The molecule has 4 aliphatic heterocycles. The zero-order valence-electron chi connectivity index (χ0n) is 86.5. The maximum atomic E-state index is 14.2. The number of alkyl carbamates (subject to hydrolysis) is 1. The minimum atomic E-state index is -4.97. The molecule has 6 heterocycles. The molecule has 10 N–H and O–H groups in total. The minimum Gasteiger partial charge on any atom is -0.870 e. The van der Waals surface area contributed by atoms with Crippen molar-refractivity contribution in [1.82, 2.24) is 41.9 Å². The smallest absolute Gasteiger partial charge is 0.870 e. The van der Waals surface area contributed by atoms with Crippen LogP contribution < -0.4 is 50.8 Å². The molecule has 4 aliphatic rings. The van der Waals surface area contributed by atoms with Crippen molar-refractivity contribution in [3.8, 4) is 20.9 Å². The summed E-state index contributed by atoms with van der Waals surface area (Å²) in [5.74, 6) is -0.433. The second kappa shape index (κ2) is 60.6. The van der Waals surface area contributed by atoms with Crippen LogP contribution in [0.15, 0.2) is 265 Å². The van der Waals surface area contributed by atoms with Gasteiger partial charge in [-0.1, -0.05) is 310 Å². The number of allylic oxidation sites excluding steroid dienone is 2. The van der Waals surface area contributed by atoms with Gasteiger partial charge in [-0.15, -0.1) is 69.7 Å². The Morgan fingerprint density at radius 1 is 0.637 bits per heavy atom. The first-order valence-corrected chi connectivity index (χ1v) is 53.6. The molecule has 6 amide bonds. The van der Waals surface area contributed by atoms with Crippen molar-refractivity contribution in [2.75, 3.05) is 36.7 Å². The first-order chi connectivity index (χ1) is 69.0. The van der Waals surface area contributed by atoms with Crippen molar-refractivity contribution in [3.63, 3.8) is 0 Å². The zero-order chi connectivity index (χ0) is 105. The number of esters is 1. The molecule has 0 saturated carbocycles. The van der Waals surface area contributed by atoms with Crippen LogP contribution in [-0.4, -0.2) is 179 Å². The van der Waals surface area contributed by atoms with E-state index in [0.29, 0.717) is 56.9 Å². The van der Waals surface area contributed by atoms with Crippen LogP contribution in [0.2, 0.25) is 0 Å². The Labute approximate surface area is 894 Å². The van der Waals surface area contributed by atoms with E-state index in [-0.39, 0.29) is 85.3 Å². The summed E-state index contributed by atoms with van der Waals surface area (Å²) in [7, 11) is 1.32. The first-order valence-electron chi connectivity index (χ1n) is 48.5. The average molecular weight is 2110 g/mol. The fraction of sp³-hybridized carbons (Fsp3) is 0.387. The molecule has 7 atom stereocenters. The Hall–Kier alpha value is -10.8. The van der Waals surface area contributed by atoms with E-state index in [4.69, 9.17) is 50.8 Å². The number of carbonyl (C=O) groups is 8. The number of fused-ring (bicyclic) bond motifs is 4. The molecular weight excluding hydrogens is 1970 g/mol. The number of aryl methyl sites for hydroxylation is 2. The third kappa shape index (κ3) is 35.5. The number of ether oxygens (including phenoxy) is 3. The van der Waals surface area contributed by atoms with E-state index in [2.05, 4.69) is 253 Å². The number of carbonyl (C=O) groups excluding carboxylic acids is 8. The molecule has 3 unspecified atom stereocenters. The van der Waals surface area contributed by atoms with Crippen molar-refractivity contribution in [1.29, 1.82) is 0 Å². The number of hydrogen-bond donors (Lipinski definition) is 8. The van der Waals surface area contributed by atoms with E-state index < -0.39 is 86.7 Å². The van der Waals surface area contributed by atoms with Gasteiger partial charge in [0.1, 0.15) is 61.6 Å². The van der Waals surface area contributed by atoms with Crippen molar-refractivity contribution >= 4 is 128 Å². The number of nitrogens with zero attached hydrogens (tertiary/aromatic N) is 4. The molecule has 14 rings (SSSR count). The summed E-state index contributed by atoms with van der Waals surface area (Å²) in [6.07, 6.45) is 5.98. The van der Waals surface area contributed by atoms with E-state index in [0.717, 1.165) is 56.8 Å². The molecule has 0 radical (unpaired) electrons. The summed E-state index contributed by atoms with van der Waals surface area (Å²) in [5.41, 5.74) is 9.86. The van der Waals surface area contributed by atoms with Crippen molar-refractivity contribution in [2.24, 2.45) is 21.8 Å². The Balaban J connectivity index is 0.000000383. The number of nitrogens with one attached hydrogen (secondary N) is 6. The number of benzene rings is 8. The molecule has 0 spiro atoms. The van der Waals surface area contributed by atoms with Gasteiger partial charge in [0, 0.05) is 18.1 Å². The third-order valence-corrected chi connectivity index (χ3v) is 31.2. The molecular formula is C111H135F3LiN10O15S6-. The summed E-state index contributed by atoms with van der Waals surface area (Å²) in [4.78, 5) is 126. The van der Waals surface area contributed by atoms with E-state index in [9.17, 15) is 46.7 Å². The fourth-order valence-corrected chi connectivity index (χ4v) is 23.3. The van der Waals surface area contributed by atoms with Gasteiger partial charge in [-0.25, -0.2) is 14.8 Å². The van der Waals surface area contributed by atoms with Gasteiger partial charge >= 0.3 is 37.1 Å². The number of thiazole rings is 2. The van der Waals surface area contributed by atoms with Gasteiger partial charge in [0.05, 0.1) is 70.5 Å². The molecule has 2 aromatic heterocycles. The monoisotopic (exact) mass is 2100 g/mol. The van der Waals surface area contributed by atoms with Crippen molar-refractivity contribution < 1.29 is 107 Å². The maximum absolute atomic E-state index is 14.2. The zero-order valence-corrected chi connectivity index (χ0v) is 90.4. The summed E-state index contributed by atoms with van der Waals surface area (Å²) < 4.78 is 52.1. The second-order valence-electron chi connectivity index (χ2n) is 36.0. The average Bonchev–Trinajstić information content (AvgIpc) is 1.75. The van der Waals surface area contributed by atoms with Gasteiger partial charge in [-0.05, 0) is 159 Å². The van der Waals surface area contributed by atoms with Gasteiger partial charge < -0.3 is 57.1 Å². The van der Waals surface area contributed by atoms with Crippen LogP contribution in [0.4, 0.5) is 18.0 Å². The summed E-state index contributed by atoms with van der Waals surface area (Å²) in [6, 6.07) is 76.9. The molecule has 25 nitrogen and oxygen atoms in total. The van der Waals surface area contributed by atoms with Crippen LogP contribution in [0.25, 0.3) is 20.9 Å². The number of hydrogen-bond acceptors (Lipinski definition) is 25. The molecule has 4 bridgehead atoms.